The summed E-state index contributed by atoms with van der Waals surface area (Å²) in [7, 11) is 0. The average Bonchev–Trinajstić information content (AvgIpc) is 3.31. The Hall–Kier alpha value is -3.72. The van der Waals surface area contributed by atoms with Crippen molar-refractivity contribution in [2.75, 3.05) is 6.79 Å². The zero-order chi connectivity index (χ0) is 29.7. The Bertz CT molecular complexity index is 1290. The summed E-state index contributed by atoms with van der Waals surface area (Å²) < 4.78 is 11.9. The number of aliphatic hydroxyl groups is 1. The van der Waals surface area contributed by atoms with Crippen LogP contribution < -0.4 is 0 Å². The molecule has 0 spiro atoms. The highest BCUT2D eigenvalue weighted by molar-refractivity contribution is 5.93. The number of nitrogens with zero attached hydrogens (tertiary/aromatic N) is 2. The van der Waals surface area contributed by atoms with E-state index in [0.29, 0.717) is 12.8 Å². The molecule has 0 saturated heterocycles. The standard InChI is InChI=1S/C31H40N2O7/c1-7-8-16-31(27(35)36)17-10-9-11-23(31)22-14-12-21(13-15-22)18-33-19-32-25(30(5,6)38)24(33)26(34)39-20-40-28(37)29(2,3)4/h9-15,19,38H,7-8,16-18,20H2,1-6H3,(H,35,36). The number of carboxylic acid groups (broad SMARTS) is 1. The number of rotatable bonds is 11. The molecular weight excluding hydrogens is 512 g/mol. The molecule has 3 rings (SSSR count). The molecule has 1 aliphatic rings. The van der Waals surface area contributed by atoms with E-state index in [4.69, 9.17) is 9.47 Å². The highest BCUT2D eigenvalue weighted by atomic mass is 16.7. The summed E-state index contributed by atoms with van der Waals surface area (Å²) in [5.74, 6) is -2.12. The molecule has 0 fully saturated rings. The lowest BCUT2D eigenvalue weighted by molar-refractivity contribution is -0.161. The van der Waals surface area contributed by atoms with Crippen molar-refractivity contribution in [2.24, 2.45) is 10.8 Å². The molecule has 9 heteroatoms. The fraction of sp³-hybridized carbons (Fsp3) is 0.484. The summed E-state index contributed by atoms with van der Waals surface area (Å²) >= 11 is 0. The highest BCUT2D eigenvalue weighted by Crippen LogP contribution is 2.45. The Balaban J connectivity index is 1.85. The van der Waals surface area contributed by atoms with Gasteiger partial charge in [-0.2, -0.15) is 0 Å². The normalized spacial score (nSPS) is 17.3. The number of imidazole rings is 1. The van der Waals surface area contributed by atoms with Gasteiger partial charge in [0, 0.05) is 6.54 Å². The predicted molar refractivity (Wildman–Crippen MR) is 150 cm³/mol. The van der Waals surface area contributed by atoms with Gasteiger partial charge in [0.05, 0.1) is 17.2 Å². The van der Waals surface area contributed by atoms with Crippen LogP contribution in [0.25, 0.3) is 5.57 Å². The lowest BCUT2D eigenvalue weighted by Crippen LogP contribution is -2.33. The lowest BCUT2D eigenvalue weighted by Gasteiger charge is -2.33. The van der Waals surface area contributed by atoms with Crippen molar-refractivity contribution in [1.82, 2.24) is 9.55 Å². The molecule has 1 aromatic heterocycles. The number of carbonyl (C=O) groups is 3. The van der Waals surface area contributed by atoms with Gasteiger partial charge in [-0.25, -0.2) is 9.78 Å². The van der Waals surface area contributed by atoms with Crippen molar-refractivity contribution in [3.63, 3.8) is 0 Å². The molecule has 40 heavy (non-hydrogen) atoms. The fourth-order valence-corrected chi connectivity index (χ4v) is 4.67. The monoisotopic (exact) mass is 552 g/mol. The van der Waals surface area contributed by atoms with E-state index in [-0.39, 0.29) is 17.9 Å². The summed E-state index contributed by atoms with van der Waals surface area (Å²) in [5.41, 5.74) is -0.513. The van der Waals surface area contributed by atoms with Gasteiger partial charge < -0.3 is 24.3 Å². The van der Waals surface area contributed by atoms with Crippen LogP contribution in [0, 0.1) is 10.8 Å². The van der Waals surface area contributed by atoms with E-state index in [1.54, 1.807) is 25.3 Å². The molecule has 0 radical (unpaired) electrons. The van der Waals surface area contributed by atoms with Crippen molar-refractivity contribution in [1.29, 1.82) is 0 Å². The maximum Gasteiger partial charge on any atom is 0.359 e. The molecule has 0 aliphatic heterocycles. The van der Waals surface area contributed by atoms with Crippen molar-refractivity contribution in [2.45, 2.75) is 79.4 Å². The van der Waals surface area contributed by atoms with Crippen LogP contribution in [0.5, 0.6) is 0 Å². The Morgan fingerprint density at radius 1 is 1.07 bits per heavy atom. The van der Waals surface area contributed by atoms with E-state index in [2.05, 4.69) is 4.98 Å². The molecular formula is C31H40N2O7. The number of hydrogen-bond acceptors (Lipinski definition) is 7. The first-order chi connectivity index (χ1) is 18.7. The summed E-state index contributed by atoms with van der Waals surface area (Å²) in [6.07, 6.45) is 9.87. The minimum Gasteiger partial charge on any atom is -0.481 e. The first kappa shape index (κ1) is 30.8. The van der Waals surface area contributed by atoms with E-state index in [0.717, 1.165) is 29.5 Å². The number of ether oxygens (including phenoxy) is 2. The van der Waals surface area contributed by atoms with E-state index in [1.807, 2.05) is 49.4 Å². The lowest BCUT2D eigenvalue weighted by atomic mass is 9.69. The molecule has 9 nitrogen and oxygen atoms in total. The third-order valence-electron chi connectivity index (χ3n) is 6.97. The second-order valence-electron chi connectivity index (χ2n) is 11.8. The molecule has 0 saturated carbocycles. The summed E-state index contributed by atoms with van der Waals surface area (Å²) in [4.78, 5) is 41.8. The van der Waals surface area contributed by atoms with E-state index in [9.17, 15) is 24.6 Å². The Kier molecular flexibility index (Phi) is 9.40. The number of allylic oxidation sites excluding steroid dienone is 3. The van der Waals surface area contributed by atoms with Crippen LogP contribution in [0.1, 0.15) is 94.5 Å². The van der Waals surface area contributed by atoms with Gasteiger partial charge in [0.25, 0.3) is 0 Å². The number of esters is 2. The molecule has 1 heterocycles. The maximum atomic E-state index is 13.0. The van der Waals surface area contributed by atoms with Gasteiger partial charge in [0.1, 0.15) is 11.3 Å². The molecule has 1 atom stereocenters. The number of aromatic nitrogens is 2. The Labute approximate surface area is 235 Å². The topological polar surface area (TPSA) is 128 Å². The van der Waals surface area contributed by atoms with Crippen LogP contribution in [-0.2, 0) is 31.2 Å². The summed E-state index contributed by atoms with van der Waals surface area (Å²) in [6, 6.07) is 7.54. The molecule has 0 bridgehead atoms. The second kappa shape index (κ2) is 12.2. The van der Waals surface area contributed by atoms with E-state index >= 15 is 0 Å². The number of unbranched alkanes of at least 4 members (excludes halogenated alkanes) is 1. The number of hydrogen-bond donors (Lipinski definition) is 2. The third-order valence-corrected chi connectivity index (χ3v) is 6.97. The minimum atomic E-state index is -1.43. The quantitative estimate of drug-likeness (QED) is 0.278. The van der Waals surface area contributed by atoms with Gasteiger partial charge in [-0.15, -0.1) is 0 Å². The van der Waals surface area contributed by atoms with Crippen molar-refractivity contribution in [3.05, 3.63) is 71.3 Å². The van der Waals surface area contributed by atoms with Crippen molar-refractivity contribution in [3.8, 4) is 0 Å². The average molecular weight is 553 g/mol. The number of carbonyl (C=O) groups excluding carboxylic acids is 2. The SMILES string of the molecule is CCCCC1(C(=O)O)CC=CC=C1c1ccc(Cn2cnc(C(C)(C)O)c2C(=O)OCOC(=O)C(C)(C)C)cc1. The zero-order valence-electron chi connectivity index (χ0n) is 24.2. The minimum absolute atomic E-state index is 0.0490. The zero-order valence-corrected chi connectivity index (χ0v) is 24.2. The molecule has 1 aromatic carbocycles. The number of carboxylic acids is 1. The van der Waals surface area contributed by atoms with Crippen LogP contribution in [0.4, 0.5) is 0 Å². The largest absolute Gasteiger partial charge is 0.481 e. The van der Waals surface area contributed by atoms with Crippen molar-refractivity contribution >= 4 is 23.5 Å². The van der Waals surface area contributed by atoms with E-state index < -0.39 is 41.1 Å². The van der Waals surface area contributed by atoms with Gasteiger partial charge in [0.15, 0.2) is 5.69 Å². The molecule has 1 unspecified atom stereocenters. The summed E-state index contributed by atoms with van der Waals surface area (Å²) in [5, 5.41) is 20.8. The van der Waals surface area contributed by atoms with Crippen LogP contribution in [0.2, 0.25) is 0 Å². The van der Waals surface area contributed by atoms with Crippen molar-refractivity contribution < 1.29 is 34.1 Å². The van der Waals surface area contributed by atoms with Gasteiger partial charge in [-0.1, -0.05) is 62.3 Å². The van der Waals surface area contributed by atoms with Crippen LogP contribution in [0.3, 0.4) is 0 Å². The third kappa shape index (κ3) is 6.88. The first-order valence-electron chi connectivity index (χ1n) is 13.5. The smallest absolute Gasteiger partial charge is 0.359 e. The summed E-state index contributed by atoms with van der Waals surface area (Å²) in [6.45, 7) is 9.85. The second-order valence-corrected chi connectivity index (χ2v) is 11.8. The van der Waals surface area contributed by atoms with Gasteiger partial charge in [-0.05, 0) is 64.2 Å². The number of benzene rings is 1. The van der Waals surface area contributed by atoms with Crippen LogP contribution >= 0.6 is 0 Å². The Morgan fingerprint density at radius 3 is 2.33 bits per heavy atom. The first-order valence-corrected chi connectivity index (χ1v) is 13.5. The number of aliphatic carboxylic acids is 1. The predicted octanol–water partition coefficient (Wildman–Crippen LogP) is 5.47. The molecule has 2 N–H and O–H groups in total. The highest BCUT2D eigenvalue weighted by Gasteiger charge is 2.42. The fourth-order valence-electron chi connectivity index (χ4n) is 4.67. The van der Waals surface area contributed by atoms with Gasteiger partial charge in [-0.3, -0.25) is 9.59 Å². The molecule has 216 valence electrons. The molecule has 1 aliphatic carbocycles. The maximum absolute atomic E-state index is 13.0. The molecule has 0 amide bonds. The van der Waals surface area contributed by atoms with Crippen LogP contribution in [0.15, 0.2) is 48.8 Å². The van der Waals surface area contributed by atoms with E-state index in [1.165, 1.54) is 20.2 Å². The van der Waals surface area contributed by atoms with Gasteiger partial charge in [0.2, 0.25) is 6.79 Å². The Morgan fingerprint density at radius 2 is 1.75 bits per heavy atom. The van der Waals surface area contributed by atoms with Gasteiger partial charge >= 0.3 is 17.9 Å². The molecule has 2 aromatic rings. The van der Waals surface area contributed by atoms with Crippen LogP contribution in [-0.4, -0.2) is 44.5 Å².